The minimum absolute atomic E-state index is 0.0125. The number of ether oxygens (including phenoxy) is 2. The molecule has 2 amide bonds. The van der Waals surface area contributed by atoms with Gasteiger partial charge in [-0.15, -0.1) is 0 Å². The van der Waals surface area contributed by atoms with Crippen molar-refractivity contribution in [3.05, 3.63) is 54.0 Å². The summed E-state index contributed by atoms with van der Waals surface area (Å²) >= 11 is 0. The summed E-state index contributed by atoms with van der Waals surface area (Å²) in [6.45, 7) is 0.731. The summed E-state index contributed by atoms with van der Waals surface area (Å²) in [4.78, 5) is 27.5. The van der Waals surface area contributed by atoms with Crippen molar-refractivity contribution in [2.45, 2.75) is 25.3 Å². The molecule has 1 aromatic carbocycles. The minimum atomic E-state index is -0.347. The second-order valence-corrected chi connectivity index (χ2v) is 7.78. The zero-order valence-electron chi connectivity index (χ0n) is 17.8. The fourth-order valence-electron chi connectivity index (χ4n) is 3.69. The second-order valence-electron chi connectivity index (χ2n) is 7.78. The van der Waals surface area contributed by atoms with Crippen molar-refractivity contribution >= 4 is 17.5 Å². The Morgan fingerprint density at radius 3 is 2.58 bits per heavy atom. The molecule has 0 unspecified atom stereocenters. The molecule has 2 aromatic rings. The van der Waals surface area contributed by atoms with Gasteiger partial charge in [-0.1, -0.05) is 0 Å². The molecule has 8 heteroatoms. The predicted octanol–water partition coefficient (Wildman–Crippen LogP) is 2.85. The Labute approximate surface area is 181 Å². The van der Waals surface area contributed by atoms with Crippen LogP contribution in [0.25, 0.3) is 0 Å². The van der Waals surface area contributed by atoms with E-state index in [1.807, 2.05) is 30.3 Å². The van der Waals surface area contributed by atoms with E-state index < -0.39 is 0 Å². The molecule has 1 saturated carbocycles. The van der Waals surface area contributed by atoms with E-state index in [0.717, 1.165) is 29.9 Å². The molecular formula is C23H27N3O5. The number of methoxy groups -OCH3 is 2. The van der Waals surface area contributed by atoms with Crippen LogP contribution in [0.4, 0.5) is 0 Å². The number of amides is 2. The smallest absolute Gasteiger partial charge is 0.262 e. The van der Waals surface area contributed by atoms with Crippen molar-refractivity contribution < 1.29 is 23.5 Å². The molecule has 4 rings (SSSR count). The monoisotopic (exact) mass is 425 g/mol. The number of carbonyl (C=O) groups is 2. The first-order chi connectivity index (χ1) is 15.1. The van der Waals surface area contributed by atoms with Crippen molar-refractivity contribution in [2.75, 3.05) is 33.9 Å². The molecule has 0 radical (unpaired) electrons. The number of carbonyl (C=O) groups excluding carboxylic acids is 2. The average Bonchev–Trinajstić information content (AvgIpc) is 3.32. The standard InChI is InChI=1S/C23H27N3O5/c1-29-13-11-25(23(28)17-5-6-17)15-22(27)26-20(21-4-3-12-31-21)14-19(24-26)16-7-9-18(30-2)10-8-16/h3-4,7-10,12,17,20H,5-6,11,13-15H2,1-2H3/t20-/m1/s1. The highest BCUT2D eigenvalue weighted by atomic mass is 16.5. The summed E-state index contributed by atoms with van der Waals surface area (Å²) < 4.78 is 16.0. The van der Waals surface area contributed by atoms with Crippen LogP contribution in [0.15, 0.2) is 52.2 Å². The molecule has 164 valence electrons. The van der Waals surface area contributed by atoms with Gasteiger partial charge in [-0.2, -0.15) is 5.10 Å². The van der Waals surface area contributed by atoms with Crippen LogP contribution < -0.4 is 4.74 Å². The maximum absolute atomic E-state index is 13.3. The number of hydrazone groups is 1. The zero-order valence-corrected chi connectivity index (χ0v) is 17.8. The summed E-state index contributed by atoms with van der Waals surface area (Å²) in [6, 6.07) is 10.9. The molecule has 2 aliphatic rings. The van der Waals surface area contributed by atoms with Gasteiger partial charge in [-0.3, -0.25) is 9.59 Å². The molecule has 0 N–H and O–H groups in total. The van der Waals surface area contributed by atoms with Gasteiger partial charge in [-0.05, 0) is 54.8 Å². The number of furan rings is 1. The first kappa shape index (κ1) is 21.1. The Morgan fingerprint density at radius 2 is 1.97 bits per heavy atom. The molecule has 8 nitrogen and oxygen atoms in total. The molecule has 1 aliphatic heterocycles. The summed E-state index contributed by atoms with van der Waals surface area (Å²) in [5.74, 6) is 1.22. The lowest BCUT2D eigenvalue weighted by Gasteiger charge is -2.26. The van der Waals surface area contributed by atoms with Crippen LogP contribution in [0.3, 0.4) is 0 Å². The normalized spacial score (nSPS) is 18.1. The van der Waals surface area contributed by atoms with Crippen molar-refractivity contribution in [1.82, 2.24) is 9.91 Å². The van der Waals surface area contributed by atoms with Crippen molar-refractivity contribution in [3.63, 3.8) is 0 Å². The van der Waals surface area contributed by atoms with E-state index in [-0.39, 0.29) is 30.3 Å². The van der Waals surface area contributed by atoms with Crippen LogP contribution >= 0.6 is 0 Å². The zero-order chi connectivity index (χ0) is 21.8. The van der Waals surface area contributed by atoms with E-state index in [9.17, 15) is 9.59 Å². The van der Waals surface area contributed by atoms with Gasteiger partial charge < -0.3 is 18.8 Å². The molecule has 1 aliphatic carbocycles. The molecule has 0 spiro atoms. The molecule has 31 heavy (non-hydrogen) atoms. The van der Waals surface area contributed by atoms with Crippen molar-refractivity contribution in [1.29, 1.82) is 0 Å². The van der Waals surface area contributed by atoms with Crippen molar-refractivity contribution in [3.8, 4) is 5.75 Å². The molecule has 0 bridgehead atoms. The van der Waals surface area contributed by atoms with E-state index in [4.69, 9.17) is 13.9 Å². The Morgan fingerprint density at radius 1 is 1.19 bits per heavy atom. The fraction of sp³-hybridized carbons (Fsp3) is 0.435. The van der Waals surface area contributed by atoms with E-state index in [2.05, 4.69) is 5.10 Å². The fourth-order valence-corrected chi connectivity index (χ4v) is 3.69. The molecule has 0 saturated heterocycles. The van der Waals surface area contributed by atoms with E-state index in [1.165, 1.54) is 5.01 Å². The summed E-state index contributed by atoms with van der Waals surface area (Å²) in [5, 5.41) is 6.09. The van der Waals surface area contributed by atoms with Gasteiger partial charge in [0.1, 0.15) is 24.1 Å². The predicted molar refractivity (Wildman–Crippen MR) is 114 cm³/mol. The Bertz CT molecular complexity index is 935. The average molecular weight is 425 g/mol. The molecule has 1 fully saturated rings. The topological polar surface area (TPSA) is 84.6 Å². The third-order valence-electron chi connectivity index (χ3n) is 5.59. The maximum atomic E-state index is 13.3. The van der Waals surface area contributed by atoms with E-state index in [0.29, 0.717) is 25.3 Å². The first-order valence-corrected chi connectivity index (χ1v) is 10.5. The third kappa shape index (κ3) is 4.80. The first-order valence-electron chi connectivity index (χ1n) is 10.5. The molecular weight excluding hydrogens is 398 g/mol. The highest BCUT2D eigenvalue weighted by Gasteiger charge is 2.38. The van der Waals surface area contributed by atoms with Gasteiger partial charge in [0.15, 0.2) is 0 Å². The quantitative estimate of drug-likeness (QED) is 0.617. The lowest BCUT2D eigenvalue weighted by Crippen LogP contribution is -2.43. The van der Waals surface area contributed by atoms with Gasteiger partial charge in [0, 0.05) is 26.0 Å². The molecule has 1 aromatic heterocycles. The lowest BCUT2D eigenvalue weighted by atomic mass is 10.0. The van der Waals surface area contributed by atoms with Gasteiger partial charge in [-0.25, -0.2) is 5.01 Å². The van der Waals surface area contributed by atoms with Crippen LogP contribution in [-0.2, 0) is 14.3 Å². The van der Waals surface area contributed by atoms with Gasteiger partial charge in [0.05, 0.1) is 25.7 Å². The van der Waals surface area contributed by atoms with Crippen LogP contribution in [0.1, 0.15) is 36.6 Å². The number of benzene rings is 1. The maximum Gasteiger partial charge on any atom is 0.262 e. The van der Waals surface area contributed by atoms with Crippen LogP contribution in [-0.4, -0.2) is 61.4 Å². The van der Waals surface area contributed by atoms with Crippen LogP contribution in [0.5, 0.6) is 5.75 Å². The number of nitrogens with zero attached hydrogens (tertiary/aromatic N) is 3. The summed E-state index contributed by atoms with van der Waals surface area (Å²) in [7, 11) is 3.20. The van der Waals surface area contributed by atoms with Crippen LogP contribution in [0, 0.1) is 5.92 Å². The van der Waals surface area contributed by atoms with Gasteiger partial charge in [0.25, 0.3) is 5.91 Å². The molecule has 2 heterocycles. The Kier molecular flexibility index (Phi) is 6.36. The van der Waals surface area contributed by atoms with Gasteiger partial charge in [0.2, 0.25) is 5.91 Å². The second kappa shape index (κ2) is 9.34. The highest BCUT2D eigenvalue weighted by molar-refractivity contribution is 6.03. The van der Waals surface area contributed by atoms with Gasteiger partial charge >= 0.3 is 0 Å². The Balaban J connectivity index is 1.55. The Hall–Kier alpha value is -3.13. The van der Waals surface area contributed by atoms with E-state index >= 15 is 0 Å². The number of hydrogen-bond acceptors (Lipinski definition) is 6. The lowest BCUT2D eigenvalue weighted by molar-refractivity contribution is -0.143. The van der Waals surface area contributed by atoms with Crippen molar-refractivity contribution in [2.24, 2.45) is 11.0 Å². The van der Waals surface area contributed by atoms with Crippen LogP contribution in [0.2, 0.25) is 0 Å². The van der Waals surface area contributed by atoms with E-state index in [1.54, 1.807) is 31.4 Å². The largest absolute Gasteiger partial charge is 0.497 e. The number of hydrogen-bond donors (Lipinski definition) is 0. The summed E-state index contributed by atoms with van der Waals surface area (Å²) in [5.41, 5.74) is 1.70. The third-order valence-corrected chi connectivity index (χ3v) is 5.59. The SMILES string of the molecule is COCCN(CC(=O)N1N=C(c2ccc(OC)cc2)C[C@@H]1c1ccco1)C(=O)C1CC1. The molecule has 1 atom stereocenters. The number of rotatable bonds is 9. The minimum Gasteiger partial charge on any atom is -0.497 e. The summed E-state index contributed by atoms with van der Waals surface area (Å²) in [6.07, 6.45) is 3.88. The highest BCUT2D eigenvalue weighted by Crippen LogP contribution is 2.34.